The molecule has 0 aliphatic heterocycles. The Morgan fingerprint density at radius 1 is 1.50 bits per heavy atom. The summed E-state index contributed by atoms with van der Waals surface area (Å²) in [7, 11) is -2.62. The van der Waals surface area contributed by atoms with Gasteiger partial charge in [-0.1, -0.05) is 6.58 Å². The smallest absolute Gasteiger partial charge is 0.243 e. The Hall–Kier alpha value is -1.62. The molecule has 0 rings (SSSR count). The van der Waals surface area contributed by atoms with Gasteiger partial charge in [-0.2, -0.15) is 0 Å². The molecule has 0 aromatic heterocycles. The minimum Gasteiger partial charge on any atom is -0.309 e. The molecular weight excluding hydrogens is 291 g/mol. The first kappa shape index (κ1) is 18.4. The molecule has 0 aliphatic rings. The summed E-state index contributed by atoms with van der Waals surface area (Å²) < 4.78 is 38.4. The van der Waals surface area contributed by atoms with Gasteiger partial charge in [-0.25, -0.2) is 17.5 Å². The first-order valence-corrected chi connectivity index (χ1v) is 6.95. The minimum absolute atomic E-state index is 0.310. The summed E-state index contributed by atoms with van der Waals surface area (Å²) in [6.45, 7) is 4.45. The molecule has 0 aromatic rings. The topological polar surface area (TPSA) is 141 Å². The second-order valence-electron chi connectivity index (χ2n) is 4.06. The van der Waals surface area contributed by atoms with Gasteiger partial charge in [0.05, 0.1) is 10.7 Å². The lowest BCUT2D eigenvalue weighted by molar-refractivity contribution is -0.424. The quantitative estimate of drug-likeness (QED) is 0.256. The Morgan fingerprint density at radius 2 is 2.00 bits per heavy atom. The van der Waals surface area contributed by atoms with Gasteiger partial charge in [-0.3, -0.25) is 10.1 Å². The maximum Gasteiger partial charge on any atom is 0.243 e. The fraction of sp³-hybridized carbons (Fsp3) is 0.400. The fourth-order valence-electron chi connectivity index (χ4n) is 1.05. The number of rotatable bonds is 7. The molecule has 10 heteroatoms. The number of hydrogen-bond acceptors (Lipinski definition) is 6. The summed E-state index contributed by atoms with van der Waals surface area (Å²) in [4.78, 5) is 9.62. The zero-order valence-electron chi connectivity index (χ0n) is 11.1. The molecular formula is C10H17FN4O4S. The second-order valence-corrected chi connectivity index (χ2v) is 5.99. The molecule has 0 unspecified atom stereocenters. The van der Waals surface area contributed by atoms with Crippen molar-refractivity contribution in [3.05, 3.63) is 45.9 Å². The number of nitrogens with one attached hydrogen (secondary N) is 1. The molecule has 5 N–H and O–H groups in total. The molecule has 0 radical (unpaired) electrons. The summed E-state index contributed by atoms with van der Waals surface area (Å²) >= 11 is 0. The van der Waals surface area contributed by atoms with Gasteiger partial charge < -0.3 is 11.5 Å². The zero-order chi connectivity index (χ0) is 16.1. The van der Waals surface area contributed by atoms with Crippen LogP contribution in [0.2, 0.25) is 0 Å². The number of nitrogens with zero attached hydrogens (tertiary/aromatic N) is 1. The van der Waals surface area contributed by atoms with E-state index in [0.717, 1.165) is 26.1 Å². The van der Waals surface area contributed by atoms with Crippen LogP contribution in [0.4, 0.5) is 4.39 Å². The molecule has 114 valence electrons. The highest BCUT2D eigenvalue weighted by Crippen LogP contribution is 2.19. The predicted molar refractivity (Wildman–Crippen MR) is 73.0 cm³/mol. The van der Waals surface area contributed by atoms with E-state index >= 15 is 0 Å². The highest BCUT2D eigenvalue weighted by atomic mass is 32.2. The number of hydrogen-bond donors (Lipinski definition) is 3. The van der Waals surface area contributed by atoms with Crippen molar-refractivity contribution in [3.8, 4) is 0 Å². The van der Waals surface area contributed by atoms with Crippen LogP contribution in [-0.4, -0.2) is 31.8 Å². The third kappa shape index (κ3) is 5.57. The Balaban J connectivity index is 5.20. The van der Waals surface area contributed by atoms with E-state index in [0.29, 0.717) is 0 Å². The van der Waals surface area contributed by atoms with Crippen LogP contribution in [0.5, 0.6) is 0 Å². The molecule has 0 spiro atoms. The average Bonchev–Trinajstić information content (AvgIpc) is 2.33. The number of halogens is 1. The molecule has 20 heavy (non-hydrogen) atoms. The van der Waals surface area contributed by atoms with Crippen molar-refractivity contribution in [2.24, 2.45) is 11.5 Å². The van der Waals surface area contributed by atoms with Gasteiger partial charge in [0.2, 0.25) is 15.7 Å². The molecule has 0 amide bonds. The third-order valence-corrected chi connectivity index (χ3v) is 3.83. The van der Waals surface area contributed by atoms with Crippen molar-refractivity contribution in [3.63, 3.8) is 0 Å². The van der Waals surface area contributed by atoms with E-state index in [-0.39, 0.29) is 5.70 Å². The van der Waals surface area contributed by atoms with Crippen molar-refractivity contribution < 1.29 is 17.7 Å². The fourth-order valence-corrected chi connectivity index (χ4v) is 2.00. The summed E-state index contributed by atoms with van der Waals surface area (Å²) in [5.41, 5.74) is 8.19. The van der Waals surface area contributed by atoms with Crippen molar-refractivity contribution >= 4 is 10.0 Å². The van der Waals surface area contributed by atoms with E-state index in [1.807, 2.05) is 4.72 Å². The van der Waals surface area contributed by atoms with Gasteiger partial charge in [0.25, 0.3) is 0 Å². The summed E-state index contributed by atoms with van der Waals surface area (Å²) in [5, 5.41) is 10.3. The second kappa shape index (κ2) is 6.70. The molecule has 0 aliphatic carbocycles. The zero-order valence-corrected chi connectivity index (χ0v) is 11.9. The van der Waals surface area contributed by atoms with Gasteiger partial charge >= 0.3 is 0 Å². The Morgan fingerprint density at radius 3 is 2.40 bits per heavy atom. The predicted octanol–water partition coefficient (Wildman–Crippen LogP) is -0.261. The van der Waals surface area contributed by atoms with Crippen LogP contribution in [0.15, 0.2) is 35.8 Å². The summed E-state index contributed by atoms with van der Waals surface area (Å²) in [6, 6.07) is 0. The Kier molecular flexibility index (Phi) is 6.16. The molecule has 0 atom stereocenters. The molecule has 0 saturated carbocycles. The van der Waals surface area contributed by atoms with E-state index in [9.17, 15) is 22.9 Å². The summed E-state index contributed by atoms with van der Waals surface area (Å²) in [5.74, 6) is -1.82. The lowest BCUT2D eigenvalue weighted by Crippen LogP contribution is -2.57. The largest absolute Gasteiger partial charge is 0.309 e. The molecule has 0 heterocycles. The Labute approximate surface area is 116 Å². The maximum absolute atomic E-state index is 13.7. The van der Waals surface area contributed by atoms with Gasteiger partial charge in [-0.15, -0.1) is 0 Å². The van der Waals surface area contributed by atoms with Crippen LogP contribution in [0.1, 0.15) is 6.92 Å². The number of allylic oxidation sites excluding steroid dienone is 3. The number of nitro groups is 1. The average molecular weight is 308 g/mol. The molecule has 0 fully saturated rings. The lowest BCUT2D eigenvalue weighted by atomic mass is 10.0. The van der Waals surface area contributed by atoms with Gasteiger partial charge in [0, 0.05) is 18.6 Å². The minimum atomic E-state index is -3.78. The van der Waals surface area contributed by atoms with E-state index in [4.69, 9.17) is 11.5 Å². The van der Waals surface area contributed by atoms with Crippen molar-refractivity contribution in [2.75, 3.05) is 12.8 Å². The van der Waals surface area contributed by atoms with E-state index in [1.54, 1.807) is 0 Å². The maximum atomic E-state index is 13.7. The SMILES string of the molecule is C=C(/C(F)=C\C=C(/C)[N+](=O)[O-])C(N)(N)CS(=O)(=O)NC. The van der Waals surface area contributed by atoms with Crippen LogP contribution in [0.25, 0.3) is 0 Å². The normalized spacial score (nSPS) is 14.2. The van der Waals surface area contributed by atoms with Gasteiger partial charge in [0.1, 0.15) is 11.5 Å². The number of sulfonamides is 1. The Bertz CT molecular complexity index is 566. The van der Waals surface area contributed by atoms with Crippen LogP contribution >= 0.6 is 0 Å². The van der Waals surface area contributed by atoms with Crippen molar-refractivity contribution in [2.45, 2.75) is 12.6 Å². The van der Waals surface area contributed by atoms with Gasteiger partial charge in [-0.05, 0) is 13.1 Å². The third-order valence-electron chi connectivity index (χ3n) is 2.35. The molecule has 0 aromatic carbocycles. The first-order chi connectivity index (χ1) is 8.93. The van der Waals surface area contributed by atoms with Gasteiger partial charge in [0.15, 0.2) is 0 Å². The highest BCUT2D eigenvalue weighted by Gasteiger charge is 2.31. The van der Waals surface area contributed by atoms with E-state index in [1.165, 1.54) is 0 Å². The molecule has 0 saturated heterocycles. The number of nitrogens with two attached hydrogens (primary N) is 2. The lowest BCUT2D eigenvalue weighted by Gasteiger charge is -2.25. The highest BCUT2D eigenvalue weighted by molar-refractivity contribution is 7.89. The van der Waals surface area contributed by atoms with E-state index in [2.05, 4.69) is 6.58 Å². The van der Waals surface area contributed by atoms with Crippen LogP contribution in [0, 0.1) is 10.1 Å². The van der Waals surface area contributed by atoms with Crippen LogP contribution in [0.3, 0.4) is 0 Å². The summed E-state index contributed by atoms with van der Waals surface area (Å²) in [6.07, 6.45) is 1.64. The van der Waals surface area contributed by atoms with Crippen molar-refractivity contribution in [1.82, 2.24) is 4.72 Å². The van der Waals surface area contributed by atoms with Crippen LogP contribution in [-0.2, 0) is 10.0 Å². The standard InChI is InChI=1S/C10H17FN4O4S/c1-7(15(16)17)4-5-9(11)8(2)10(12,13)6-20(18,19)14-3/h4-5,14H,2,6,12-13H2,1,3H3/b7-4+,9-5+. The molecule has 0 bridgehead atoms. The van der Waals surface area contributed by atoms with Crippen molar-refractivity contribution in [1.29, 1.82) is 0 Å². The van der Waals surface area contributed by atoms with Crippen LogP contribution < -0.4 is 16.2 Å². The first-order valence-electron chi connectivity index (χ1n) is 5.30. The monoisotopic (exact) mass is 308 g/mol. The molecule has 8 nitrogen and oxygen atoms in total. The van der Waals surface area contributed by atoms with E-state index < -0.39 is 37.8 Å².